The molecule has 1 atom stereocenters. The van der Waals surface area contributed by atoms with E-state index < -0.39 is 0 Å². The van der Waals surface area contributed by atoms with Crippen molar-refractivity contribution in [2.75, 3.05) is 0 Å². The van der Waals surface area contributed by atoms with Crippen molar-refractivity contribution >= 4 is 5.78 Å². The fraction of sp³-hybridized carbons (Fsp3) is 0.533. The van der Waals surface area contributed by atoms with Crippen molar-refractivity contribution in [3.63, 3.8) is 0 Å². The number of carbonyl (C=O) groups excluding carboxylic acids is 1. The summed E-state index contributed by atoms with van der Waals surface area (Å²) < 4.78 is 0. The Hall–Kier alpha value is -1.11. The zero-order valence-electron chi connectivity index (χ0n) is 9.61. The van der Waals surface area contributed by atoms with Crippen LogP contribution in [0.1, 0.15) is 48.9 Å². The van der Waals surface area contributed by atoms with Crippen LogP contribution in [-0.4, -0.2) is 5.78 Å². The van der Waals surface area contributed by atoms with Gasteiger partial charge in [-0.15, -0.1) is 0 Å². The summed E-state index contributed by atoms with van der Waals surface area (Å²) in [6.45, 7) is 0. The second-order valence-corrected chi connectivity index (χ2v) is 5.41. The molecule has 0 aromatic heterocycles. The summed E-state index contributed by atoms with van der Waals surface area (Å²) >= 11 is 0. The predicted molar refractivity (Wildman–Crippen MR) is 64.4 cm³/mol. The van der Waals surface area contributed by atoms with Gasteiger partial charge in [-0.25, -0.2) is 0 Å². The molecule has 0 heterocycles. The van der Waals surface area contributed by atoms with E-state index in [4.69, 9.17) is 0 Å². The molecule has 16 heavy (non-hydrogen) atoms. The first kappa shape index (κ1) is 10.1. The monoisotopic (exact) mass is 214 g/mol. The van der Waals surface area contributed by atoms with Crippen molar-refractivity contribution < 1.29 is 4.79 Å². The summed E-state index contributed by atoms with van der Waals surface area (Å²) in [4.78, 5) is 12.3. The molecular formula is C15H18O. The number of carbonyl (C=O) groups is 1. The van der Waals surface area contributed by atoms with E-state index in [1.807, 2.05) is 30.3 Å². The highest BCUT2D eigenvalue weighted by Gasteiger charge is 2.57. The molecule has 2 aliphatic rings. The summed E-state index contributed by atoms with van der Waals surface area (Å²) in [7, 11) is 0. The Balaban J connectivity index is 1.74. The molecule has 1 spiro atoms. The van der Waals surface area contributed by atoms with E-state index in [9.17, 15) is 4.79 Å². The first-order valence-corrected chi connectivity index (χ1v) is 6.41. The maximum atomic E-state index is 12.3. The molecule has 0 radical (unpaired) electrons. The van der Waals surface area contributed by atoms with Crippen LogP contribution >= 0.6 is 0 Å². The maximum absolute atomic E-state index is 12.3. The van der Waals surface area contributed by atoms with Crippen LogP contribution in [0.5, 0.6) is 0 Å². The maximum Gasteiger partial charge on any atom is 0.166 e. The smallest absolute Gasteiger partial charge is 0.166 e. The highest BCUT2D eigenvalue weighted by Crippen LogP contribution is 2.62. The molecule has 2 aliphatic carbocycles. The van der Waals surface area contributed by atoms with E-state index in [2.05, 4.69) is 0 Å². The van der Waals surface area contributed by atoms with Gasteiger partial charge < -0.3 is 0 Å². The molecule has 1 heteroatoms. The lowest BCUT2D eigenvalue weighted by atomic mass is 9.83. The summed E-state index contributed by atoms with van der Waals surface area (Å²) in [6.07, 6.45) is 7.76. The highest BCUT2D eigenvalue weighted by atomic mass is 16.1. The van der Waals surface area contributed by atoms with Crippen molar-refractivity contribution in [1.82, 2.24) is 0 Å². The third-order valence-electron chi connectivity index (χ3n) is 4.41. The van der Waals surface area contributed by atoms with Gasteiger partial charge >= 0.3 is 0 Å². The van der Waals surface area contributed by atoms with Gasteiger partial charge in [0.1, 0.15) is 0 Å². The number of ketones is 1. The normalized spacial score (nSPS) is 26.6. The Kier molecular flexibility index (Phi) is 2.34. The van der Waals surface area contributed by atoms with Crippen LogP contribution in [0.4, 0.5) is 0 Å². The van der Waals surface area contributed by atoms with E-state index in [-0.39, 0.29) is 0 Å². The zero-order chi connectivity index (χ0) is 11.0. The Morgan fingerprint density at radius 3 is 2.44 bits per heavy atom. The third kappa shape index (κ3) is 1.59. The lowest BCUT2D eigenvalue weighted by Crippen LogP contribution is -2.14. The summed E-state index contributed by atoms with van der Waals surface area (Å²) in [6, 6.07) is 9.81. The molecule has 0 bridgehead atoms. The molecule has 1 unspecified atom stereocenters. The number of hydrogen-bond acceptors (Lipinski definition) is 1. The molecule has 84 valence electrons. The van der Waals surface area contributed by atoms with Crippen LogP contribution in [0.15, 0.2) is 30.3 Å². The van der Waals surface area contributed by atoms with Gasteiger partial charge in [0.25, 0.3) is 0 Å². The molecule has 1 aromatic rings. The Morgan fingerprint density at radius 2 is 1.75 bits per heavy atom. The number of rotatable bonds is 2. The SMILES string of the molecule is O=C(c1ccccc1)C1CC12CCCCC2. The zero-order valence-corrected chi connectivity index (χ0v) is 9.61. The topological polar surface area (TPSA) is 17.1 Å². The van der Waals surface area contributed by atoms with Crippen LogP contribution in [-0.2, 0) is 0 Å². The van der Waals surface area contributed by atoms with Crippen LogP contribution in [0.3, 0.4) is 0 Å². The first-order valence-electron chi connectivity index (χ1n) is 6.41. The molecule has 1 aromatic carbocycles. The minimum absolute atomic E-state index is 0.343. The highest BCUT2D eigenvalue weighted by molar-refractivity contribution is 6.00. The minimum atomic E-state index is 0.343. The third-order valence-corrected chi connectivity index (χ3v) is 4.41. The quantitative estimate of drug-likeness (QED) is 0.684. The molecule has 1 nitrogen and oxygen atoms in total. The Bertz CT molecular complexity index is 387. The van der Waals surface area contributed by atoms with E-state index >= 15 is 0 Å². The molecule has 3 rings (SSSR count). The summed E-state index contributed by atoms with van der Waals surface area (Å²) in [5.74, 6) is 0.734. The largest absolute Gasteiger partial charge is 0.294 e. The van der Waals surface area contributed by atoms with Gasteiger partial charge in [0.15, 0.2) is 5.78 Å². The van der Waals surface area contributed by atoms with Gasteiger partial charge in [-0.3, -0.25) is 4.79 Å². The van der Waals surface area contributed by atoms with Crippen LogP contribution < -0.4 is 0 Å². The van der Waals surface area contributed by atoms with Crippen molar-refractivity contribution in [3.8, 4) is 0 Å². The molecule has 2 saturated carbocycles. The molecule has 0 N–H and O–H groups in total. The number of hydrogen-bond donors (Lipinski definition) is 0. The van der Waals surface area contributed by atoms with Crippen molar-refractivity contribution in [2.24, 2.45) is 11.3 Å². The van der Waals surface area contributed by atoms with Crippen molar-refractivity contribution in [1.29, 1.82) is 0 Å². The predicted octanol–water partition coefficient (Wildman–Crippen LogP) is 3.84. The fourth-order valence-electron chi connectivity index (χ4n) is 3.33. The Morgan fingerprint density at radius 1 is 1.06 bits per heavy atom. The van der Waals surface area contributed by atoms with E-state index in [1.54, 1.807) is 0 Å². The number of benzene rings is 1. The van der Waals surface area contributed by atoms with Gasteiger partial charge in [-0.1, -0.05) is 49.6 Å². The average Bonchev–Trinajstić information content (AvgIpc) is 3.04. The van der Waals surface area contributed by atoms with E-state index in [0.717, 1.165) is 12.0 Å². The molecule has 0 aliphatic heterocycles. The minimum Gasteiger partial charge on any atom is -0.294 e. The molecular weight excluding hydrogens is 196 g/mol. The van der Waals surface area contributed by atoms with Crippen LogP contribution in [0.2, 0.25) is 0 Å². The van der Waals surface area contributed by atoms with Gasteiger partial charge in [0.05, 0.1) is 0 Å². The first-order chi connectivity index (χ1) is 7.82. The Labute approximate surface area is 96.9 Å². The van der Waals surface area contributed by atoms with Gasteiger partial charge in [-0.05, 0) is 24.7 Å². The van der Waals surface area contributed by atoms with Gasteiger partial charge in [0.2, 0.25) is 0 Å². The molecule has 0 saturated heterocycles. The molecule has 2 fully saturated rings. The standard InChI is InChI=1S/C15H18O/c16-14(12-7-3-1-4-8-12)13-11-15(13)9-5-2-6-10-15/h1,3-4,7-8,13H,2,5-6,9-11H2. The summed E-state index contributed by atoms with van der Waals surface area (Å²) in [5.41, 5.74) is 1.33. The average molecular weight is 214 g/mol. The number of Topliss-reactive ketones (excluding diaryl/α,β-unsaturated/α-hetero) is 1. The summed E-state index contributed by atoms with van der Waals surface area (Å²) in [5, 5.41) is 0. The van der Waals surface area contributed by atoms with Gasteiger partial charge in [-0.2, -0.15) is 0 Å². The lowest BCUT2D eigenvalue weighted by Gasteiger charge is -2.21. The second kappa shape index (κ2) is 3.73. The fourth-order valence-corrected chi connectivity index (χ4v) is 3.33. The van der Waals surface area contributed by atoms with Crippen LogP contribution in [0, 0.1) is 11.3 Å². The van der Waals surface area contributed by atoms with Crippen molar-refractivity contribution in [3.05, 3.63) is 35.9 Å². The van der Waals surface area contributed by atoms with Crippen LogP contribution in [0.25, 0.3) is 0 Å². The van der Waals surface area contributed by atoms with E-state index in [0.29, 0.717) is 17.1 Å². The van der Waals surface area contributed by atoms with Gasteiger partial charge in [0, 0.05) is 11.5 Å². The molecule has 0 amide bonds. The van der Waals surface area contributed by atoms with E-state index in [1.165, 1.54) is 32.1 Å². The van der Waals surface area contributed by atoms with Crippen molar-refractivity contribution in [2.45, 2.75) is 38.5 Å². The second-order valence-electron chi connectivity index (χ2n) is 5.41. The lowest BCUT2D eigenvalue weighted by molar-refractivity contribution is 0.0938.